The topological polar surface area (TPSA) is 49.4 Å². The van der Waals surface area contributed by atoms with Gasteiger partial charge in [-0.05, 0) is 42.2 Å². The molecule has 4 nitrogen and oxygen atoms in total. The Morgan fingerprint density at radius 1 is 1.03 bits per heavy atom. The average Bonchev–Trinajstić information content (AvgIpc) is 2.75. The van der Waals surface area contributed by atoms with Gasteiger partial charge in [0.1, 0.15) is 6.04 Å². The molecule has 180 valence electrons. The van der Waals surface area contributed by atoms with Crippen molar-refractivity contribution in [2.45, 2.75) is 45.5 Å². The minimum absolute atomic E-state index is 0.146. The normalized spacial score (nSPS) is 12.0. The van der Waals surface area contributed by atoms with Gasteiger partial charge in [-0.1, -0.05) is 79.3 Å². The second kappa shape index (κ2) is 13.7. The van der Waals surface area contributed by atoms with Crippen LogP contribution in [0.2, 0.25) is 20.1 Å². The van der Waals surface area contributed by atoms with Crippen LogP contribution in [0.25, 0.3) is 0 Å². The number of hydrogen-bond donors (Lipinski definition) is 1. The molecule has 0 heterocycles. The molecular formula is C24H28Cl4N2O2S. The number of rotatable bonds is 11. The van der Waals surface area contributed by atoms with Crippen molar-refractivity contribution in [1.29, 1.82) is 0 Å². The zero-order valence-corrected chi connectivity index (χ0v) is 22.7. The molecule has 9 heteroatoms. The highest BCUT2D eigenvalue weighted by molar-refractivity contribution is 7.99. The van der Waals surface area contributed by atoms with Gasteiger partial charge in [-0.2, -0.15) is 0 Å². The maximum absolute atomic E-state index is 13.3. The fourth-order valence-electron chi connectivity index (χ4n) is 3.17. The van der Waals surface area contributed by atoms with Gasteiger partial charge in [-0.15, -0.1) is 11.8 Å². The summed E-state index contributed by atoms with van der Waals surface area (Å²) in [5.74, 6) is 0.655. The lowest BCUT2D eigenvalue weighted by Gasteiger charge is -2.31. The third-order valence-electron chi connectivity index (χ3n) is 4.96. The molecule has 2 amide bonds. The highest BCUT2D eigenvalue weighted by Gasteiger charge is 2.29. The number of hydrogen-bond acceptors (Lipinski definition) is 3. The van der Waals surface area contributed by atoms with Gasteiger partial charge < -0.3 is 10.2 Å². The predicted molar refractivity (Wildman–Crippen MR) is 142 cm³/mol. The van der Waals surface area contributed by atoms with Crippen molar-refractivity contribution in [1.82, 2.24) is 10.2 Å². The molecule has 0 saturated heterocycles. The number of amides is 2. The number of halogens is 4. The van der Waals surface area contributed by atoms with Crippen LogP contribution >= 0.6 is 58.2 Å². The third kappa shape index (κ3) is 8.56. The van der Waals surface area contributed by atoms with Gasteiger partial charge in [0.05, 0.1) is 5.75 Å². The average molecular weight is 550 g/mol. The Kier molecular flexibility index (Phi) is 11.7. The molecule has 0 radical (unpaired) electrons. The van der Waals surface area contributed by atoms with E-state index in [1.807, 2.05) is 26.8 Å². The summed E-state index contributed by atoms with van der Waals surface area (Å²) < 4.78 is 0. The van der Waals surface area contributed by atoms with Crippen LogP contribution in [0, 0.1) is 5.92 Å². The van der Waals surface area contributed by atoms with Crippen molar-refractivity contribution in [3.63, 3.8) is 0 Å². The molecule has 2 aromatic rings. The van der Waals surface area contributed by atoms with E-state index >= 15 is 0 Å². The molecule has 1 N–H and O–H groups in total. The van der Waals surface area contributed by atoms with Crippen molar-refractivity contribution < 1.29 is 9.59 Å². The van der Waals surface area contributed by atoms with Crippen LogP contribution in [-0.4, -0.2) is 35.1 Å². The summed E-state index contributed by atoms with van der Waals surface area (Å²) in [6.45, 7) is 6.61. The molecule has 0 fully saturated rings. The van der Waals surface area contributed by atoms with E-state index < -0.39 is 6.04 Å². The van der Waals surface area contributed by atoms with Crippen LogP contribution in [0.1, 0.15) is 38.3 Å². The number of carbonyl (C=O) groups excluding carboxylic acids is 2. The standard InChI is InChI=1S/C24H28Cl4N2O2S/c1-4-22(24(32)29-11-15(2)3)30(12-18-19(26)6-5-7-20(18)27)23(31)14-33-13-16-8-9-17(25)10-21(16)28/h5-10,15,22H,4,11-14H2,1-3H3,(H,29,32)/t22-/m0/s1. The number of carbonyl (C=O) groups is 2. The molecule has 0 aliphatic rings. The van der Waals surface area contributed by atoms with E-state index in [0.29, 0.717) is 50.3 Å². The third-order valence-corrected chi connectivity index (χ3v) is 7.22. The first kappa shape index (κ1) is 28.1. The number of thioether (sulfide) groups is 1. The van der Waals surface area contributed by atoms with Crippen LogP contribution in [0.15, 0.2) is 36.4 Å². The van der Waals surface area contributed by atoms with E-state index in [2.05, 4.69) is 5.32 Å². The quantitative estimate of drug-likeness (QED) is 0.325. The van der Waals surface area contributed by atoms with Crippen molar-refractivity contribution >= 4 is 70.0 Å². The Morgan fingerprint density at radius 3 is 2.27 bits per heavy atom. The Bertz CT molecular complexity index is 951. The SMILES string of the molecule is CC[C@@H](C(=O)NCC(C)C)N(Cc1c(Cl)cccc1Cl)C(=O)CSCc1ccc(Cl)cc1Cl. The molecule has 0 aliphatic heterocycles. The number of nitrogens with zero attached hydrogens (tertiary/aromatic N) is 1. The molecule has 0 aromatic heterocycles. The van der Waals surface area contributed by atoms with Crippen molar-refractivity contribution in [3.05, 3.63) is 67.6 Å². The summed E-state index contributed by atoms with van der Waals surface area (Å²) in [6, 6.07) is 9.85. The summed E-state index contributed by atoms with van der Waals surface area (Å²) in [6.07, 6.45) is 0.464. The summed E-state index contributed by atoms with van der Waals surface area (Å²) in [5.41, 5.74) is 1.51. The Morgan fingerprint density at radius 2 is 1.70 bits per heavy atom. The molecule has 1 atom stereocenters. The van der Waals surface area contributed by atoms with Crippen LogP contribution < -0.4 is 5.32 Å². The lowest BCUT2D eigenvalue weighted by molar-refractivity contribution is -0.139. The maximum Gasteiger partial charge on any atom is 0.242 e. The summed E-state index contributed by atoms with van der Waals surface area (Å²) in [7, 11) is 0. The van der Waals surface area contributed by atoms with E-state index in [-0.39, 0.29) is 24.1 Å². The largest absolute Gasteiger partial charge is 0.354 e. The Hall–Kier alpha value is -1.11. The van der Waals surface area contributed by atoms with Crippen LogP contribution in [0.4, 0.5) is 0 Å². The smallest absolute Gasteiger partial charge is 0.242 e. The first-order valence-corrected chi connectivity index (χ1v) is 13.3. The first-order chi connectivity index (χ1) is 15.6. The highest BCUT2D eigenvalue weighted by Crippen LogP contribution is 2.28. The van der Waals surface area contributed by atoms with Gasteiger partial charge in [0.25, 0.3) is 0 Å². The zero-order valence-electron chi connectivity index (χ0n) is 18.8. The molecule has 0 aliphatic carbocycles. The van der Waals surface area contributed by atoms with E-state index in [1.54, 1.807) is 35.2 Å². The van der Waals surface area contributed by atoms with Gasteiger partial charge in [-0.3, -0.25) is 9.59 Å². The summed E-state index contributed by atoms with van der Waals surface area (Å²) >= 11 is 26.4. The van der Waals surface area contributed by atoms with Gasteiger partial charge in [0.2, 0.25) is 11.8 Å². The van der Waals surface area contributed by atoms with Gasteiger partial charge in [-0.25, -0.2) is 0 Å². The molecule has 2 rings (SSSR count). The van der Waals surface area contributed by atoms with E-state index in [1.165, 1.54) is 11.8 Å². The summed E-state index contributed by atoms with van der Waals surface area (Å²) in [4.78, 5) is 27.8. The molecule has 0 unspecified atom stereocenters. The number of benzene rings is 2. The predicted octanol–water partition coefficient (Wildman–Crippen LogP) is 7.11. The lowest BCUT2D eigenvalue weighted by atomic mass is 10.1. The zero-order chi connectivity index (χ0) is 24.5. The monoisotopic (exact) mass is 548 g/mol. The Labute approximate surface area is 220 Å². The molecule has 0 spiro atoms. The van der Waals surface area contributed by atoms with Gasteiger partial charge >= 0.3 is 0 Å². The van der Waals surface area contributed by atoms with Gasteiger partial charge in [0.15, 0.2) is 0 Å². The molecular weight excluding hydrogens is 522 g/mol. The lowest BCUT2D eigenvalue weighted by Crippen LogP contribution is -2.50. The number of nitrogens with one attached hydrogen (secondary N) is 1. The minimum Gasteiger partial charge on any atom is -0.354 e. The second-order valence-electron chi connectivity index (χ2n) is 8.01. The first-order valence-electron chi connectivity index (χ1n) is 10.7. The van der Waals surface area contributed by atoms with Gasteiger partial charge in [0, 0.05) is 44.5 Å². The second-order valence-corrected chi connectivity index (χ2v) is 10.7. The molecule has 0 saturated carbocycles. The molecule has 2 aromatic carbocycles. The van der Waals surface area contributed by atoms with E-state index in [9.17, 15) is 9.59 Å². The van der Waals surface area contributed by atoms with Crippen molar-refractivity contribution in [2.24, 2.45) is 5.92 Å². The molecule has 0 bridgehead atoms. The summed E-state index contributed by atoms with van der Waals surface area (Å²) in [5, 5.41) is 4.97. The fourth-order valence-corrected chi connectivity index (χ4v) is 5.15. The van der Waals surface area contributed by atoms with Crippen LogP contribution in [0.5, 0.6) is 0 Å². The molecule has 33 heavy (non-hydrogen) atoms. The van der Waals surface area contributed by atoms with Crippen molar-refractivity contribution in [2.75, 3.05) is 12.3 Å². The fraction of sp³-hybridized carbons (Fsp3) is 0.417. The maximum atomic E-state index is 13.3. The highest BCUT2D eigenvalue weighted by atomic mass is 35.5. The van der Waals surface area contributed by atoms with E-state index in [4.69, 9.17) is 46.4 Å². The van der Waals surface area contributed by atoms with E-state index in [0.717, 1.165) is 5.56 Å². The Balaban J connectivity index is 2.20. The minimum atomic E-state index is -0.636. The van der Waals surface area contributed by atoms with Crippen molar-refractivity contribution in [3.8, 4) is 0 Å². The van der Waals surface area contributed by atoms with Crippen LogP contribution in [-0.2, 0) is 21.9 Å². The van der Waals surface area contributed by atoms with Crippen LogP contribution in [0.3, 0.4) is 0 Å².